The van der Waals surface area contributed by atoms with Crippen molar-refractivity contribution >= 4 is 75.2 Å². The summed E-state index contributed by atoms with van der Waals surface area (Å²) in [5, 5.41) is 7.94. The number of Topliss-reactive ketones (excluding diaryl/α,β-unsaturated/α-hetero) is 1. The fourth-order valence-electron chi connectivity index (χ4n) is 1.07. The first-order valence-electron chi connectivity index (χ1n) is 4.58. The van der Waals surface area contributed by atoms with Crippen molar-refractivity contribution in [2.45, 2.75) is 8.68 Å². The molecule has 0 N–H and O–H groups in total. The Morgan fingerprint density at radius 1 is 1.33 bits per heavy atom. The molecular weight excluding hydrogens is 351 g/mol. The molecule has 0 amide bonds. The summed E-state index contributed by atoms with van der Waals surface area (Å²) in [5.74, 6) is 0.240. The topological polar surface area (TPSA) is 42.9 Å². The van der Waals surface area contributed by atoms with E-state index in [1.165, 1.54) is 46.2 Å². The van der Waals surface area contributed by atoms with E-state index in [1.54, 1.807) is 6.07 Å². The molecular formula is C9H6Cl2N2OS4. The Bertz CT molecular complexity index is 569. The molecule has 18 heavy (non-hydrogen) atoms. The number of halogens is 2. The summed E-state index contributed by atoms with van der Waals surface area (Å²) in [6, 6.07) is 1.60. The van der Waals surface area contributed by atoms with Crippen LogP contribution < -0.4 is 0 Å². The van der Waals surface area contributed by atoms with Gasteiger partial charge in [0.15, 0.2) is 14.5 Å². The Labute approximate surface area is 130 Å². The van der Waals surface area contributed by atoms with E-state index in [-0.39, 0.29) is 11.5 Å². The van der Waals surface area contributed by atoms with Gasteiger partial charge in [-0.15, -0.1) is 21.5 Å². The highest BCUT2D eigenvalue weighted by atomic mass is 35.5. The van der Waals surface area contributed by atoms with E-state index < -0.39 is 0 Å². The van der Waals surface area contributed by atoms with Crippen LogP contribution in [-0.2, 0) is 0 Å². The van der Waals surface area contributed by atoms with Crippen LogP contribution in [0.25, 0.3) is 0 Å². The second-order valence-corrected chi connectivity index (χ2v) is 8.53. The van der Waals surface area contributed by atoms with Crippen molar-refractivity contribution in [2.24, 2.45) is 0 Å². The zero-order valence-corrected chi connectivity index (χ0v) is 13.8. The molecule has 0 spiro atoms. The van der Waals surface area contributed by atoms with Gasteiger partial charge >= 0.3 is 0 Å². The molecule has 3 nitrogen and oxygen atoms in total. The maximum Gasteiger partial charge on any atom is 0.175 e. The lowest BCUT2D eigenvalue weighted by Gasteiger charge is -1.96. The molecule has 2 aromatic rings. The molecule has 0 aliphatic heterocycles. The summed E-state index contributed by atoms with van der Waals surface area (Å²) < 4.78 is 2.63. The molecule has 0 radical (unpaired) electrons. The fourth-order valence-corrected chi connectivity index (χ4v) is 4.89. The highest BCUT2D eigenvalue weighted by Gasteiger charge is 2.15. The standard InChI is InChI=1S/C9H6Cl2N2OS4/c1-15-8-12-13-9(18-8)16-3-5(14)4-2-6(10)17-7(4)11/h2H,3H2,1H3. The van der Waals surface area contributed by atoms with Crippen molar-refractivity contribution in [1.29, 1.82) is 0 Å². The highest BCUT2D eigenvalue weighted by Crippen LogP contribution is 2.33. The summed E-state index contributed by atoms with van der Waals surface area (Å²) in [5.41, 5.74) is 0.480. The summed E-state index contributed by atoms with van der Waals surface area (Å²) in [7, 11) is 0. The van der Waals surface area contributed by atoms with Crippen LogP contribution in [0.1, 0.15) is 10.4 Å². The lowest BCUT2D eigenvalue weighted by molar-refractivity contribution is 0.102. The molecule has 0 atom stereocenters. The first-order valence-corrected chi connectivity index (χ1v) is 9.18. The third-order valence-electron chi connectivity index (χ3n) is 1.85. The largest absolute Gasteiger partial charge is 0.293 e. The lowest BCUT2D eigenvalue weighted by Crippen LogP contribution is -2.00. The van der Waals surface area contributed by atoms with E-state index in [4.69, 9.17) is 23.2 Å². The smallest absolute Gasteiger partial charge is 0.175 e. The Hall–Kier alpha value is 0.210. The second-order valence-electron chi connectivity index (χ2n) is 2.99. The molecule has 0 aromatic carbocycles. The molecule has 9 heteroatoms. The SMILES string of the molecule is CSc1nnc(SCC(=O)c2cc(Cl)sc2Cl)s1. The summed E-state index contributed by atoms with van der Waals surface area (Å²) in [6.45, 7) is 0. The molecule has 0 fully saturated rings. The van der Waals surface area contributed by atoms with Gasteiger partial charge in [0.25, 0.3) is 0 Å². The Kier molecular flexibility index (Phi) is 5.35. The van der Waals surface area contributed by atoms with E-state index in [0.29, 0.717) is 14.2 Å². The van der Waals surface area contributed by atoms with Gasteiger partial charge in [-0.3, -0.25) is 4.79 Å². The van der Waals surface area contributed by atoms with Crippen LogP contribution in [0.4, 0.5) is 0 Å². The number of aromatic nitrogens is 2. The van der Waals surface area contributed by atoms with Crippen LogP contribution in [0.3, 0.4) is 0 Å². The minimum absolute atomic E-state index is 0.0472. The third-order valence-corrected chi connectivity index (χ3v) is 6.37. The summed E-state index contributed by atoms with van der Waals surface area (Å²) in [6.07, 6.45) is 1.94. The minimum Gasteiger partial charge on any atom is -0.293 e. The number of rotatable bonds is 5. The molecule has 0 saturated heterocycles. The Morgan fingerprint density at radius 2 is 2.06 bits per heavy atom. The van der Waals surface area contributed by atoms with Gasteiger partial charge in [-0.1, -0.05) is 58.1 Å². The molecule has 0 bridgehead atoms. The monoisotopic (exact) mass is 356 g/mol. The van der Waals surface area contributed by atoms with Crippen LogP contribution in [0.2, 0.25) is 8.67 Å². The number of ketones is 1. The molecule has 0 unspecified atom stereocenters. The second kappa shape index (κ2) is 6.58. The Balaban J connectivity index is 1.98. The molecule has 0 saturated carbocycles. The van der Waals surface area contributed by atoms with E-state index in [1.807, 2.05) is 6.26 Å². The zero-order chi connectivity index (χ0) is 13.1. The minimum atomic E-state index is -0.0472. The van der Waals surface area contributed by atoms with Gasteiger partial charge in [0.05, 0.1) is 10.1 Å². The van der Waals surface area contributed by atoms with Crippen LogP contribution >= 0.6 is 69.4 Å². The number of thiophene rings is 1. The van der Waals surface area contributed by atoms with Crippen molar-refractivity contribution in [1.82, 2.24) is 10.2 Å². The van der Waals surface area contributed by atoms with Crippen molar-refractivity contribution in [3.05, 3.63) is 20.3 Å². The number of thioether (sulfide) groups is 2. The molecule has 96 valence electrons. The molecule has 2 aromatic heterocycles. The van der Waals surface area contributed by atoms with E-state index in [9.17, 15) is 4.79 Å². The summed E-state index contributed by atoms with van der Waals surface area (Å²) >= 11 is 17.3. The maximum absolute atomic E-state index is 11.9. The van der Waals surface area contributed by atoms with Crippen LogP contribution in [0.15, 0.2) is 14.7 Å². The van der Waals surface area contributed by atoms with Gasteiger partial charge < -0.3 is 0 Å². The molecule has 0 aliphatic rings. The van der Waals surface area contributed by atoms with Gasteiger partial charge in [0, 0.05) is 5.56 Å². The number of hydrogen-bond acceptors (Lipinski definition) is 7. The number of hydrogen-bond donors (Lipinski definition) is 0. The number of carbonyl (C=O) groups is 1. The fraction of sp³-hybridized carbons (Fsp3) is 0.222. The average Bonchev–Trinajstić information content (AvgIpc) is 2.92. The van der Waals surface area contributed by atoms with Gasteiger partial charge in [0.1, 0.15) is 4.34 Å². The van der Waals surface area contributed by atoms with Gasteiger partial charge in [-0.05, 0) is 12.3 Å². The van der Waals surface area contributed by atoms with Gasteiger partial charge in [-0.2, -0.15) is 0 Å². The van der Waals surface area contributed by atoms with Crippen LogP contribution in [0, 0.1) is 0 Å². The van der Waals surface area contributed by atoms with Crippen LogP contribution in [-0.4, -0.2) is 28.0 Å². The van der Waals surface area contributed by atoms with Crippen molar-refractivity contribution in [3.8, 4) is 0 Å². The lowest BCUT2D eigenvalue weighted by atomic mass is 10.2. The van der Waals surface area contributed by atoms with E-state index >= 15 is 0 Å². The van der Waals surface area contributed by atoms with Gasteiger partial charge in [0.2, 0.25) is 0 Å². The zero-order valence-electron chi connectivity index (χ0n) is 8.98. The molecule has 2 rings (SSSR count). The molecule has 2 heterocycles. The van der Waals surface area contributed by atoms with E-state index in [2.05, 4.69) is 10.2 Å². The normalized spacial score (nSPS) is 10.8. The quantitative estimate of drug-likeness (QED) is 0.578. The number of nitrogens with zero attached hydrogens (tertiary/aromatic N) is 2. The Morgan fingerprint density at radius 3 is 2.61 bits per heavy atom. The predicted octanol–water partition coefficient (Wildman–Crippen LogP) is 4.60. The van der Waals surface area contributed by atoms with Crippen molar-refractivity contribution in [2.75, 3.05) is 12.0 Å². The molecule has 0 aliphatic carbocycles. The summed E-state index contributed by atoms with van der Waals surface area (Å²) in [4.78, 5) is 11.9. The van der Waals surface area contributed by atoms with E-state index in [0.717, 1.165) is 8.68 Å². The number of carbonyl (C=O) groups excluding carboxylic acids is 1. The first-order chi connectivity index (χ1) is 8.60. The van der Waals surface area contributed by atoms with Gasteiger partial charge in [-0.25, -0.2) is 0 Å². The van der Waals surface area contributed by atoms with Crippen molar-refractivity contribution in [3.63, 3.8) is 0 Å². The predicted molar refractivity (Wildman–Crippen MR) is 81.1 cm³/mol. The highest BCUT2D eigenvalue weighted by molar-refractivity contribution is 8.03. The van der Waals surface area contributed by atoms with Crippen molar-refractivity contribution < 1.29 is 4.79 Å². The average molecular weight is 357 g/mol. The first kappa shape index (κ1) is 14.6. The third kappa shape index (κ3) is 3.61. The van der Waals surface area contributed by atoms with Crippen LogP contribution in [0.5, 0.6) is 0 Å². The maximum atomic E-state index is 11.9.